The second-order valence-electron chi connectivity index (χ2n) is 8.54. The fourth-order valence-electron chi connectivity index (χ4n) is 4.48. The summed E-state index contributed by atoms with van der Waals surface area (Å²) in [5.74, 6) is -0.840. The molecule has 0 atom stereocenters. The van der Waals surface area contributed by atoms with Crippen molar-refractivity contribution in [2.45, 2.75) is 18.6 Å². The number of nitrogens with one attached hydrogen (secondary N) is 1. The van der Waals surface area contributed by atoms with Crippen molar-refractivity contribution in [1.29, 1.82) is 0 Å². The summed E-state index contributed by atoms with van der Waals surface area (Å²) in [7, 11) is 1.97. The topological polar surface area (TPSA) is 85.1 Å². The molecule has 1 N–H and O–H groups in total. The van der Waals surface area contributed by atoms with Gasteiger partial charge in [0.2, 0.25) is 0 Å². The molecule has 2 aromatic heterocycles. The lowest BCUT2D eigenvalue weighted by molar-refractivity contribution is 0.102. The number of thioether (sulfide) groups is 1. The summed E-state index contributed by atoms with van der Waals surface area (Å²) in [5, 5.41) is 6.85. The Balaban J connectivity index is 1.56. The average Bonchev–Trinajstić information content (AvgIpc) is 3.49. The minimum atomic E-state index is -0.958. The van der Waals surface area contributed by atoms with Crippen LogP contribution in [0.5, 0.6) is 0 Å². The normalized spacial score (nSPS) is 13.5. The highest BCUT2D eigenvalue weighted by molar-refractivity contribution is 7.97. The van der Waals surface area contributed by atoms with E-state index >= 15 is 0 Å². The first kappa shape index (κ1) is 24.0. The number of aromatic nitrogens is 4. The molecule has 5 rings (SSSR count). The number of aryl methyl sites for hydroxylation is 1. The lowest BCUT2D eigenvalue weighted by Crippen LogP contribution is -2.27. The maximum Gasteiger partial charge on any atom is 0.276 e. The second-order valence-corrected chi connectivity index (χ2v) is 9.40. The third-order valence-corrected chi connectivity index (χ3v) is 6.79. The van der Waals surface area contributed by atoms with Gasteiger partial charge >= 0.3 is 0 Å². The zero-order valence-electron chi connectivity index (χ0n) is 19.8. The number of benzene rings is 2. The van der Waals surface area contributed by atoms with Gasteiger partial charge in [-0.15, -0.1) is 0 Å². The highest BCUT2D eigenvalue weighted by Crippen LogP contribution is 2.37. The van der Waals surface area contributed by atoms with Gasteiger partial charge in [-0.05, 0) is 49.4 Å². The van der Waals surface area contributed by atoms with Gasteiger partial charge in [-0.1, -0.05) is 6.07 Å². The number of para-hydroxylation sites is 1. The first-order valence-electron chi connectivity index (χ1n) is 11.5. The van der Waals surface area contributed by atoms with Crippen LogP contribution in [0.4, 0.5) is 20.2 Å². The fraction of sp³-hybridized carbons (Fsp3) is 0.280. The number of anilines is 2. The van der Waals surface area contributed by atoms with Crippen LogP contribution in [0.1, 0.15) is 29.2 Å². The van der Waals surface area contributed by atoms with Crippen molar-refractivity contribution in [3.8, 4) is 5.69 Å². The predicted molar refractivity (Wildman–Crippen MR) is 137 cm³/mol. The van der Waals surface area contributed by atoms with Crippen molar-refractivity contribution < 1.29 is 13.6 Å². The third kappa shape index (κ3) is 4.23. The Morgan fingerprint density at radius 1 is 1.06 bits per heavy atom. The molecule has 0 bridgehead atoms. The smallest absolute Gasteiger partial charge is 0.276 e. The van der Waals surface area contributed by atoms with Crippen molar-refractivity contribution in [2.75, 3.05) is 29.6 Å². The van der Waals surface area contributed by atoms with Crippen LogP contribution in [0.2, 0.25) is 0 Å². The number of rotatable bonds is 6. The standard InChI is InChI=1S/C25H24F2N6O2S/c1-31-19-10-8-17(24(32-12-3-4-13-32)22(19)29-20(31)14-36-2)28-25(35)18-9-11-21(34)33(30-18)23-15(26)6-5-7-16(23)27/h5-11H,3-4,12-14H2,1-2H3,(H,28,35). The molecule has 1 aliphatic heterocycles. The molecule has 0 unspecified atom stereocenters. The Bertz CT molecular complexity index is 1510. The van der Waals surface area contributed by atoms with Gasteiger partial charge in [0.25, 0.3) is 11.5 Å². The van der Waals surface area contributed by atoms with Crippen LogP contribution in [0.3, 0.4) is 0 Å². The van der Waals surface area contributed by atoms with E-state index in [9.17, 15) is 18.4 Å². The molecule has 0 radical (unpaired) electrons. The van der Waals surface area contributed by atoms with Crippen molar-refractivity contribution in [2.24, 2.45) is 7.05 Å². The SMILES string of the molecule is CSCc1nc2c(N3CCCC3)c(NC(=O)c3ccc(=O)n(-c4c(F)cccc4F)n3)ccc2n1C. The van der Waals surface area contributed by atoms with E-state index in [2.05, 4.69) is 19.9 Å². The number of carbonyl (C=O) groups excluding carboxylic acids is 1. The van der Waals surface area contributed by atoms with Gasteiger partial charge in [-0.25, -0.2) is 13.8 Å². The Hall–Kier alpha value is -3.73. The molecule has 0 spiro atoms. The maximum absolute atomic E-state index is 14.3. The van der Waals surface area contributed by atoms with E-state index < -0.39 is 28.8 Å². The predicted octanol–water partition coefficient (Wildman–Crippen LogP) is 4.11. The summed E-state index contributed by atoms with van der Waals surface area (Å²) in [4.78, 5) is 32.7. The molecule has 186 valence electrons. The Labute approximate surface area is 209 Å². The van der Waals surface area contributed by atoms with Crippen LogP contribution in [-0.4, -0.2) is 44.6 Å². The largest absolute Gasteiger partial charge is 0.368 e. The Kier molecular flexibility index (Phi) is 6.48. The van der Waals surface area contributed by atoms with Crippen LogP contribution < -0.4 is 15.8 Å². The van der Waals surface area contributed by atoms with Gasteiger partial charge in [-0.2, -0.15) is 21.5 Å². The minimum absolute atomic E-state index is 0.159. The number of carbonyl (C=O) groups is 1. The van der Waals surface area contributed by atoms with E-state index in [-0.39, 0.29) is 5.69 Å². The van der Waals surface area contributed by atoms with Gasteiger partial charge in [0.1, 0.15) is 22.7 Å². The molecule has 1 amide bonds. The van der Waals surface area contributed by atoms with Crippen LogP contribution in [0.15, 0.2) is 47.3 Å². The Morgan fingerprint density at radius 3 is 2.47 bits per heavy atom. The monoisotopic (exact) mass is 510 g/mol. The second kappa shape index (κ2) is 9.73. The van der Waals surface area contributed by atoms with Gasteiger partial charge in [-0.3, -0.25) is 9.59 Å². The van der Waals surface area contributed by atoms with E-state index in [1.807, 2.05) is 25.4 Å². The van der Waals surface area contributed by atoms with Crippen molar-refractivity contribution >= 4 is 40.1 Å². The third-order valence-electron chi connectivity index (χ3n) is 6.25. The molecule has 0 saturated carbocycles. The van der Waals surface area contributed by atoms with E-state index in [1.54, 1.807) is 11.8 Å². The zero-order valence-corrected chi connectivity index (χ0v) is 20.6. The molecule has 0 aliphatic carbocycles. The molecule has 11 heteroatoms. The molecule has 36 heavy (non-hydrogen) atoms. The van der Waals surface area contributed by atoms with E-state index in [4.69, 9.17) is 4.98 Å². The number of imidazole rings is 1. The highest BCUT2D eigenvalue weighted by atomic mass is 32.2. The molecule has 4 aromatic rings. The molecule has 1 fully saturated rings. The Morgan fingerprint density at radius 2 is 1.78 bits per heavy atom. The lowest BCUT2D eigenvalue weighted by Gasteiger charge is -2.22. The number of halogens is 2. The molecule has 3 heterocycles. The number of hydrogen-bond acceptors (Lipinski definition) is 6. The summed E-state index contributed by atoms with van der Waals surface area (Å²) in [5.41, 5.74) is 1.59. The maximum atomic E-state index is 14.3. The summed E-state index contributed by atoms with van der Waals surface area (Å²) in [6.45, 7) is 1.68. The van der Waals surface area contributed by atoms with Crippen molar-refractivity contribution in [3.05, 3.63) is 76.0 Å². The minimum Gasteiger partial charge on any atom is -0.368 e. The zero-order chi connectivity index (χ0) is 25.4. The highest BCUT2D eigenvalue weighted by Gasteiger charge is 2.24. The first-order valence-corrected chi connectivity index (χ1v) is 12.9. The molecular weight excluding hydrogens is 486 g/mol. The quantitative estimate of drug-likeness (QED) is 0.420. The van der Waals surface area contributed by atoms with Crippen molar-refractivity contribution in [3.63, 3.8) is 0 Å². The van der Waals surface area contributed by atoms with Gasteiger partial charge in [0.05, 0.1) is 22.6 Å². The van der Waals surface area contributed by atoms with Crippen LogP contribution in [-0.2, 0) is 12.8 Å². The number of fused-ring (bicyclic) bond motifs is 1. The molecule has 1 aliphatic rings. The first-order chi connectivity index (χ1) is 17.4. The summed E-state index contributed by atoms with van der Waals surface area (Å²) < 4.78 is 31.2. The van der Waals surface area contributed by atoms with E-state index in [1.165, 1.54) is 12.1 Å². The molecule has 2 aromatic carbocycles. The lowest BCUT2D eigenvalue weighted by atomic mass is 10.2. The number of hydrogen-bond donors (Lipinski definition) is 1. The van der Waals surface area contributed by atoms with Gasteiger partial charge in [0, 0.05) is 26.2 Å². The van der Waals surface area contributed by atoms with Crippen LogP contribution in [0, 0.1) is 11.6 Å². The van der Waals surface area contributed by atoms with Crippen molar-refractivity contribution in [1.82, 2.24) is 19.3 Å². The summed E-state index contributed by atoms with van der Waals surface area (Å²) >= 11 is 1.68. The number of nitrogens with zero attached hydrogens (tertiary/aromatic N) is 5. The molecular formula is C25H24F2N6O2S. The van der Waals surface area contributed by atoms with Gasteiger partial charge < -0.3 is 14.8 Å². The summed E-state index contributed by atoms with van der Waals surface area (Å²) in [6, 6.07) is 9.26. The van der Waals surface area contributed by atoms with Crippen LogP contribution >= 0.6 is 11.8 Å². The number of amides is 1. The van der Waals surface area contributed by atoms with Crippen LogP contribution in [0.25, 0.3) is 16.7 Å². The average molecular weight is 511 g/mol. The molecule has 1 saturated heterocycles. The van der Waals surface area contributed by atoms with E-state index in [0.29, 0.717) is 10.4 Å². The fourth-order valence-corrected chi connectivity index (χ4v) is 5.00. The van der Waals surface area contributed by atoms with E-state index in [0.717, 1.165) is 72.4 Å². The van der Waals surface area contributed by atoms with Gasteiger partial charge in [0.15, 0.2) is 11.6 Å². The molecule has 8 nitrogen and oxygen atoms in total. The summed E-state index contributed by atoms with van der Waals surface area (Å²) in [6.07, 6.45) is 4.09.